The van der Waals surface area contributed by atoms with Crippen molar-refractivity contribution >= 4 is 17.5 Å². The molecule has 2 atom stereocenters. The van der Waals surface area contributed by atoms with Gasteiger partial charge in [0.2, 0.25) is 0 Å². The molecule has 138 valence electrons. The summed E-state index contributed by atoms with van der Waals surface area (Å²) in [6, 6.07) is 7.46. The minimum absolute atomic E-state index is 0.00283. The summed E-state index contributed by atoms with van der Waals surface area (Å²) in [5, 5.41) is 12.6. The fourth-order valence-electron chi connectivity index (χ4n) is 4.17. The van der Waals surface area contributed by atoms with E-state index >= 15 is 0 Å². The lowest BCUT2D eigenvalue weighted by Crippen LogP contribution is -2.33. The molecule has 2 aliphatic rings. The van der Waals surface area contributed by atoms with E-state index < -0.39 is 0 Å². The maximum Gasteiger partial charge on any atom is 0.276 e. The van der Waals surface area contributed by atoms with Gasteiger partial charge in [0.15, 0.2) is 5.69 Å². The second-order valence-corrected chi connectivity index (χ2v) is 7.61. The monoisotopic (exact) mass is 373 g/mol. The fourth-order valence-corrected chi connectivity index (χ4v) is 4.36. The normalized spacial score (nSPS) is 22.9. The number of amides is 1. The van der Waals surface area contributed by atoms with E-state index in [1.165, 1.54) is 0 Å². The molecule has 0 aliphatic carbocycles. The number of likely N-dealkylation sites (tertiary alicyclic amines) is 1. The van der Waals surface area contributed by atoms with Gasteiger partial charge in [-0.05, 0) is 62.4 Å². The van der Waals surface area contributed by atoms with Crippen LogP contribution in [0.4, 0.5) is 0 Å². The molecule has 0 radical (unpaired) electrons. The van der Waals surface area contributed by atoms with E-state index in [0.717, 1.165) is 50.4 Å². The van der Waals surface area contributed by atoms with E-state index in [1.54, 1.807) is 4.68 Å². The van der Waals surface area contributed by atoms with Gasteiger partial charge in [-0.2, -0.15) is 0 Å². The van der Waals surface area contributed by atoms with E-state index in [0.29, 0.717) is 29.0 Å². The summed E-state index contributed by atoms with van der Waals surface area (Å²) in [6.07, 6.45) is 2.81. The molecule has 2 aliphatic heterocycles. The van der Waals surface area contributed by atoms with Crippen molar-refractivity contribution in [2.75, 3.05) is 26.2 Å². The Labute approximate surface area is 158 Å². The number of hydrogen-bond donors (Lipinski definition) is 1. The predicted molar refractivity (Wildman–Crippen MR) is 101 cm³/mol. The molecule has 0 bridgehead atoms. The second-order valence-electron chi connectivity index (χ2n) is 7.18. The molecule has 3 heterocycles. The molecule has 6 nitrogen and oxygen atoms in total. The Morgan fingerprint density at radius 1 is 1.27 bits per heavy atom. The maximum atomic E-state index is 13.1. The van der Waals surface area contributed by atoms with Crippen LogP contribution in [0.25, 0.3) is 5.69 Å². The third kappa shape index (κ3) is 3.23. The van der Waals surface area contributed by atoms with Crippen molar-refractivity contribution in [3.05, 3.63) is 40.7 Å². The number of halogens is 1. The van der Waals surface area contributed by atoms with E-state index in [1.807, 2.05) is 36.1 Å². The zero-order chi connectivity index (χ0) is 18.1. The highest BCUT2D eigenvalue weighted by atomic mass is 35.5. The molecule has 0 saturated carbocycles. The van der Waals surface area contributed by atoms with Crippen LogP contribution in [0.1, 0.15) is 35.9 Å². The van der Waals surface area contributed by atoms with Crippen molar-refractivity contribution in [3.8, 4) is 5.69 Å². The lowest BCUT2D eigenvalue weighted by atomic mass is 9.92. The van der Waals surface area contributed by atoms with Crippen LogP contribution in [-0.2, 0) is 6.42 Å². The van der Waals surface area contributed by atoms with Crippen molar-refractivity contribution < 1.29 is 4.79 Å². The van der Waals surface area contributed by atoms with Gasteiger partial charge in [0.05, 0.1) is 11.4 Å². The average Bonchev–Trinajstić information content (AvgIpc) is 3.23. The Bertz CT molecular complexity index is 791. The quantitative estimate of drug-likeness (QED) is 0.898. The van der Waals surface area contributed by atoms with Gasteiger partial charge in [-0.3, -0.25) is 4.79 Å². The SMILES string of the molecule is CCc1c(C(=O)N2CC[C@@H]3CNC[C@@H]3CC2)nnn1-c1cccc(Cl)c1. The minimum Gasteiger partial charge on any atom is -0.337 e. The lowest BCUT2D eigenvalue weighted by Gasteiger charge is -2.20. The first-order valence-electron chi connectivity index (χ1n) is 9.38. The third-order valence-corrected chi connectivity index (χ3v) is 5.90. The van der Waals surface area contributed by atoms with Crippen LogP contribution in [0.15, 0.2) is 24.3 Å². The highest BCUT2D eigenvalue weighted by Crippen LogP contribution is 2.28. The van der Waals surface area contributed by atoms with Gasteiger partial charge >= 0.3 is 0 Å². The highest BCUT2D eigenvalue weighted by Gasteiger charge is 2.33. The van der Waals surface area contributed by atoms with Gasteiger partial charge in [0.25, 0.3) is 5.91 Å². The van der Waals surface area contributed by atoms with Gasteiger partial charge in [-0.1, -0.05) is 29.8 Å². The first-order valence-corrected chi connectivity index (χ1v) is 9.75. The average molecular weight is 374 g/mol. The number of benzene rings is 1. The smallest absolute Gasteiger partial charge is 0.276 e. The van der Waals surface area contributed by atoms with E-state index in [4.69, 9.17) is 11.6 Å². The number of carbonyl (C=O) groups excluding carboxylic acids is 1. The molecule has 1 aromatic carbocycles. The third-order valence-electron chi connectivity index (χ3n) is 5.66. The van der Waals surface area contributed by atoms with Crippen LogP contribution in [0, 0.1) is 11.8 Å². The zero-order valence-electron chi connectivity index (χ0n) is 15.0. The summed E-state index contributed by atoms with van der Waals surface area (Å²) >= 11 is 6.10. The summed E-state index contributed by atoms with van der Waals surface area (Å²) in [7, 11) is 0. The second kappa shape index (κ2) is 7.37. The van der Waals surface area contributed by atoms with Crippen molar-refractivity contribution in [1.82, 2.24) is 25.2 Å². The summed E-state index contributed by atoms with van der Waals surface area (Å²) in [5.74, 6) is 1.39. The molecule has 1 aromatic heterocycles. The summed E-state index contributed by atoms with van der Waals surface area (Å²) in [4.78, 5) is 15.1. The van der Waals surface area contributed by atoms with Crippen LogP contribution in [0.5, 0.6) is 0 Å². The molecule has 2 saturated heterocycles. The Kier molecular flexibility index (Phi) is 4.96. The number of nitrogens with one attached hydrogen (secondary N) is 1. The van der Waals surface area contributed by atoms with E-state index in [-0.39, 0.29) is 5.91 Å². The minimum atomic E-state index is 0.00283. The number of rotatable bonds is 3. The molecule has 1 N–H and O–H groups in total. The number of aromatic nitrogens is 3. The molecule has 7 heteroatoms. The maximum absolute atomic E-state index is 13.1. The largest absolute Gasteiger partial charge is 0.337 e. The molecule has 1 amide bonds. The number of hydrogen-bond acceptors (Lipinski definition) is 4. The first kappa shape index (κ1) is 17.5. The van der Waals surface area contributed by atoms with Gasteiger partial charge < -0.3 is 10.2 Å². The van der Waals surface area contributed by atoms with Crippen molar-refractivity contribution in [3.63, 3.8) is 0 Å². The molecule has 2 fully saturated rings. The molecular formula is C19H24ClN5O. The standard InChI is InChI=1S/C19H24ClN5O/c1-2-17-18(22-23-25(17)16-5-3-4-15(20)10-16)19(26)24-8-6-13-11-21-12-14(13)7-9-24/h3-5,10,13-14,21H,2,6-9,11-12H2,1H3/t13-,14+. The predicted octanol–water partition coefficient (Wildman–Crippen LogP) is 2.55. The summed E-state index contributed by atoms with van der Waals surface area (Å²) in [5.41, 5.74) is 2.14. The van der Waals surface area contributed by atoms with Crippen LogP contribution in [-0.4, -0.2) is 52.0 Å². The van der Waals surface area contributed by atoms with Crippen LogP contribution in [0.2, 0.25) is 5.02 Å². The molecule has 2 aromatic rings. The Morgan fingerprint density at radius 2 is 2.00 bits per heavy atom. The summed E-state index contributed by atoms with van der Waals surface area (Å²) in [6.45, 7) is 5.79. The van der Waals surface area contributed by atoms with Crippen LogP contribution < -0.4 is 5.32 Å². The molecule has 0 unspecified atom stereocenters. The number of fused-ring (bicyclic) bond motifs is 1. The Morgan fingerprint density at radius 3 is 2.65 bits per heavy atom. The number of carbonyl (C=O) groups is 1. The van der Waals surface area contributed by atoms with Crippen molar-refractivity contribution in [2.45, 2.75) is 26.2 Å². The van der Waals surface area contributed by atoms with Crippen LogP contribution in [0.3, 0.4) is 0 Å². The molecule has 4 rings (SSSR count). The Balaban J connectivity index is 1.58. The topological polar surface area (TPSA) is 63.1 Å². The first-order chi connectivity index (χ1) is 12.7. The van der Waals surface area contributed by atoms with Gasteiger partial charge in [0.1, 0.15) is 0 Å². The van der Waals surface area contributed by atoms with Crippen molar-refractivity contribution in [1.29, 1.82) is 0 Å². The van der Waals surface area contributed by atoms with E-state index in [9.17, 15) is 4.79 Å². The zero-order valence-corrected chi connectivity index (χ0v) is 15.7. The fraction of sp³-hybridized carbons (Fsp3) is 0.526. The van der Waals surface area contributed by atoms with Gasteiger partial charge in [0, 0.05) is 18.1 Å². The molecule has 0 spiro atoms. The number of nitrogens with zero attached hydrogens (tertiary/aromatic N) is 4. The van der Waals surface area contributed by atoms with Crippen molar-refractivity contribution in [2.24, 2.45) is 11.8 Å². The molecular weight excluding hydrogens is 350 g/mol. The van der Waals surface area contributed by atoms with Gasteiger partial charge in [-0.25, -0.2) is 4.68 Å². The van der Waals surface area contributed by atoms with E-state index in [2.05, 4.69) is 15.6 Å². The highest BCUT2D eigenvalue weighted by molar-refractivity contribution is 6.30. The summed E-state index contributed by atoms with van der Waals surface area (Å²) < 4.78 is 1.73. The molecule has 26 heavy (non-hydrogen) atoms. The Hall–Kier alpha value is -1.92. The van der Waals surface area contributed by atoms with Crippen LogP contribution >= 0.6 is 11.6 Å². The lowest BCUT2D eigenvalue weighted by molar-refractivity contribution is 0.0751. The van der Waals surface area contributed by atoms with Gasteiger partial charge in [-0.15, -0.1) is 5.10 Å².